The minimum Gasteiger partial charge on any atom is -0.450 e. The van der Waals surface area contributed by atoms with Crippen LogP contribution in [0.5, 0.6) is 0 Å². The van der Waals surface area contributed by atoms with Gasteiger partial charge in [0.05, 0.1) is 12.3 Å². The first kappa shape index (κ1) is 19.4. The number of piperidine rings is 1. The van der Waals surface area contributed by atoms with E-state index in [2.05, 4.69) is 10.3 Å². The minimum absolute atomic E-state index is 0.0406. The van der Waals surface area contributed by atoms with Gasteiger partial charge in [0.2, 0.25) is 5.91 Å². The molecule has 0 atom stereocenters. The SMILES string of the molecule is CCOC(=O)N1CCC(NC(=O)CCc2csc(-c3ccccc3)n2)CC1. The van der Waals surface area contributed by atoms with Crippen molar-refractivity contribution >= 4 is 23.3 Å². The molecule has 0 spiro atoms. The summed E-state index contributed by atoms with van der Waals surface area (Å²) in [6.07, 6.45) is 2.33. The Morgan fingerprint density at radius 1 is 1.26 bits per heavy atom. The van der Waals surface area contributed by atoms with Gasteiger partial charge in [0.1, 0.15) is 5.01 Å². The molecule has 3 rings (SSSR count). The molecule has 0 radical (unpaired) electrons. The molecule has 1 aliphatic heterocycles. The van der Waals surface area contributed by atoms with Gasteiger partial charge < -0.3 is 15.0 Å². The Balaban J connectivity index is 1.41. The van der Waals surface area contributed by atoms with Crippen LogP contribution in [-0.2, 0) is 16.0 Å². The predicted molar refractivity (Wildman–Crippen MR) is 106 cm³/mol. The topological polar surface area (TPSA) is 71.5 Å². The van der Waals surface area contributed by atoms with Gasteiger partial charge in [-0.25, -0.2) is 9.78 Å². The van der Waals surface area contributed by atoms with Crippen LogP contribution in [0.15, 0.2) is 35.7 Å². The number of hydrogen-bond donors (Lipinski definition) is 1. The fraction of sp³-hybridized carbons (Fsp3) is 0.450. The summed E-state index contributed by atoms with van der Waals surface area (Å²) in [6.45, 7) is 3.43. The second-order valence-corrected chi connectivity index (χ2v) is 7.40. The molecule has 1 aliphatic rings. The van der Waals surface area contributed by atoms with E-state index in [0.29, 0.717) is 32.5 Å². The van der Waals surface area contributed by atoms with Crippen molar-refractivity contribution in [3.05, 3.63) is 41.4 Å². The molecular weight excluding hydrogens is 362 g/mol. The number of rotatable bonds is 6. The molecule has 1 N–H and O–H groups in total. The van der Waals surface area contributed by atoms with Crippen molar-refractivity contribution in [3.63, 3.8) is 0 Å². The Labute approximate surface area is 163 Å². The minimum atomic E-state index is -0.264. The molecule has 1 fully saturated rings. The summed E-state index contributed by atoms with van der Waals surface area (Å²) >= 11 is 1.60. The van der Waals surface area contributed by atoms with Crippen LogP contribution in [0.1, 0.15) is 31.9 Å². The van der Waals surface area contributed by atoms with Crippen molar-refractivity contribution < 1.29 is 14.3 Å². The lowest BCUT2D eigenvalue weighted by Crippen LogP contribution is -2.46. The van der Waals surface area contributed by atoms with Crippen LogP contribution < -0.4 is 5.32 Å². The molecule has 144 valence electrons. The van der Waals surface area contributed by atoms with Crippen LogP contribution in [0.4, 0.5) is 4.79 Å². The Hall–Kier alpha value is -2.41. The van der Waals surface area contributed by atoms with Gasteiger partial charge in [-0.2, -0.15) is 0 Å². The van der Waals surface area contributed by atoms with Crippen LogP contribution in [0.2, 0.25) is 0 Å². The second kappa shape index (κ2) is 9.50. The number of aromatic nitrogens is 1. The van der Waals surface area contributed by atoms with Gasteiger partial charge in [0.25, 0.3) is 0 Å². The van der Waals surface area contributed by atoms with E-state index in [1.165, 1.54) is 0 Å². The number of carbonyl (C=O) groups is 2. The standard InChI is InChI=1S/C20H25N3O3S/c1-2-26-20(25)23-12-10-16(11-13-23)21-18(24)9-8-17-14-27-19(22-17)15-6-4-3-5-7-15/h3-7,14,16H,2,8-13H2,1H3,(H,21,24). The van der Waals surface area contributed by atoms with Crippen LogP contribution in [0, 0.1) is 0 Å². The number of ether oxygens (including phenoxy) is 1. The Kier molecular flexibility index (Phi) is 6.81. The fourth-order valence-electron chi connectivity index (χ4n) is 3.10. The van der Waals surface area contributed by atoms with Gasteiger partial charge >= 0.3 is 6.09 Å². The highest BCUT2D eigenvalue weighted by atomic mass is 32.1. The molecule has 7 heteroatoms. The summed E-state index contributed by atoms with van der Waals surface area (Å²) in [5, 5.41) is 6.08. The molecule has 0 saturated carbocycles. The first-order valence-corrected chi connectivity index (χ1v) is 10.2. The molecule has 0 unspecified atom stereocenters. The normalized spacial score (nSPS) is 14.8. The molecule has 0 aliphatic carbocycles. The number of amides is 2. The lowest BCUT2D eigenvalue weighted by Gasteiger charge is -2.31. The summed E-state index contributed by atoms with van der Waals surface area (Å²) < 4.78 is 5.01. The van der Waals surface area contributed by atoms with Gasteiger partial charge in [-0.05, 0) is 26.2 Å². The smallest absolute Gasteiger partial charge is 0.409 e. The van der Waals surface area contributed by atoms with Crippen molar-refractivity contribution in [3.8, 4) is 10.6 Å². The van der Waals surface area contributed by atoms with E-state index in [9.17, 15) is 9.59 Å². The van der Waals surface area contributed by atoms with Gasteiger partial charge in [-0.1, -0.05) is 30.3 Å². The molecule has 2 heterocycles. The number of thiazole rings is 1. The van der Waals surface area contributed by atoms with Gasteiger partial charge in [-0.3, -0.25) is 4.79 Å². The zero-order chi connectivity index (χ0) is 19.1. The highest BCUT2D eigenvalue weighted by Crippen LogP contribution is 2.23. The fourth-order valence-corrected chi connectivity index (χ4v) is 3.96. The summed E-state index contributed by atoms with van der Waals surface area (Å²) in [5.74, 6) is 0.0406. The van der Waals surface area contributed by atoms with Crippen molar-refractivity contribution in [2.45, 2.75) is 38.6 Å². The Morgan fingerprint density at radius 2 is 2.00 bits per heavy atom. The van der Waals surface area contributed by atoms with E-state index in [1.807, 2.05) is 35.7 Å². The zero-order valence-electron chi connectivity index (χ0n) is 15.5. The van der Waals surface area contributed by atoms with E-state index in [1.54, 1.807) is 23.2 Å². The maximum Gasteiger partial charge on any atom is 0.409 e. The van der Waals surface area contributed by atoms with Crippen LogP contribution in [0.25, 0.3) is 10.6 Å². The summed E-state index contributed by atoms with van der Waals surface area (Å²) in [4.78, 5) is 30.3. The molecule has 1 saturated heterocycles. The third-order valence-electron chi connectivity index (χ3n) is 4.57. The molecule has 27 heavy (non-hydrogen) atoms. The first-order valence-electron chi connectivity index (χ1n) is 9.36. The van der Waals surface area contributed by atoms with Gasteiger partial charge in [-0.15, -0.1) is 11.3 Å². The largest absolute Gasteiger partial charge is 0.450 e. The van der Waals surface area contributed by atoms with Crippen LogP contribution in [-0.4, -0.2) is 47.6 Å². The molecular formula is C20H25N3O3S. The second-order valence-electron chi connectivity index (χ2n) is 6.54. The lowest BCUT2D eigenvalue weighted by atomic mass is 10.1. The highest BCUT2D eigenvalue weighted by Gasteiger charge is 2.24. The maximum atomic E-state index is 12.2. The molecule has 2 amide bonds. The molecule has 6 nitrogen and oxygen atoms in total. The quantitative estimate of drug-likeness (QED) is 0.824. The Morgan fingerprint density at radius 3 is 2.70 bits per heavy atom. The number of hydrogen-bond acceptors (Lipinski definition) is 5. The highest BCUT2D eigenvalue weighted by molar-refractivity contribution is 7.13. The number of aryl methyl sites for hydroxylation is 1. The third-order valence-corrected chi connectivity index (χ3v) is 5.51. The van der Waals surface area contributed by atoms with E-state index in [-0.39, 0.29) is 18.0 Å². The number of carbonyl (C=O) groups excluding carboxylic acids is 2. The van der Waals surface area contributed by atoms with Crippen molar-refractivity contribution in [2.24, 2.45) is 0 Å². The number of nitrogens with zero attached hydrogens (tertiary/aromatic N) is 2. The average molecular weight is 388 g/mol. The maximum absolute atomic E-state index is 12.2. The van der Waals surface area contributed by atoms with E-state index in [4.69, 9.17) is 4.74 Å². The van der Waals surface area contributed by atoms with E-state index < -0.39 is 0 Å². The number of likely N-dealkylation sites (tertiary alicyclic amines) is 1. The Bertz CT molecular complexity index is 755. The summed E-state index contributed by atoms with van der Waals surface area (Å²) in [6, 6.07) is 10.2. The van der Waals surface area contributed by atoms with Crippen molar-refractivity contribution in [1.82, 2.24) is 15.2 Å². The first-order chi connectivity index (χ1) is 13.2. The van der Waals surface area contributed by atoms with Crippen molar-refractivity contribution in [2.75, 3.05) is 19.7 Å². The monoisotopic (exact) mass is 387 g/mol. The van der Waals surface area contributed by atoms with Crippen LogP contribution in [0.3, 0.4) is 0 Å². The summed E-state index contributed by atoms with van der Waals surface area (Å²) in [5.41, 5.74) is 2.05. The van der Waals surface area contributed by atoms with Gasteiger partial charge in [0.15, 0.2) is 0 Å². The molecule has 1 aromatic heterocycles. The molecule has 2 aromatic rings. The number of benzene rings is 1. The van der Waals surface area contributed by atoms with Crippen LogP contribution >= 0.6 is 11.3 Å². The predicted octanol–water partition coefficient (Wildman–Crippen LogP) is 3.48. The lowest BCUT2D eigenvalue weighted by molar-refractivity contribution is -0.122. The average Bonchev–Trinajstić information content (AvgIpc) is 3.17. The summed E-state index contributed by atoms with van der Waals surface area (Å²) in [7, 11) is 0. The van der Waals surface area contributed by atoms with Crippen molar-refractivity contribution in [1.29, 1.82) is 0 Å². The van der Waals surface area contributed by atoms with E-state index >= 15 is 0 Å². The van der Waals surface area contributed by atoms with Gasteiger partial charge in [0, 0.05) is 36.5 Å². The zero-order valence-corrected chi connectivity index (χ0v) is 16.3. The third kappa shape index (κ3) is 5.53. The number of nitrogens with one attached hydrogen (secondary N) is 1. The van der Waals surface area contributed by atoms with E-state index in [0.717, 1.165) is 29.1 Å². The molecule has 0 bridgehead atoms. The molecule has 1 aromatic carbocycles.